The van der Waals surface area contributed by atoms with Gasteiger partial charge in [-0.05, 0) is 102 Å². The molecule has 6 aromatic carbocycles. The summed E-state index contributed by atoms with van der Waals surface area (Å²) >= 11 is 0. The number of piperidine rings is 1. The molecular weight excluding hydrogens is 834 g/mol. The molecule has 3 N–H and O–H groups in total. The van der Waals surface area contributed by atoms with Gasteiger partial charge in [0.15, 0.2) is 0 Å². The number of halogens is 1. The van der Waals surface area contributed by atoms with Crippen LogP contribution in [-0.4, -0.2) is 79.5 Å². The molecule has 1 saturated carbocycles. The number of anilines is 1. The standard InChI is InChI=1S/C26H29FN2O2.C17H19N3.C14H14N2/c1-19-17-29(16-15-26(19,24(30)31)21-5-3-2-4-6-21)23-11-13-25(18-28,14-12-23)20-7-9-22(27)10-8-20;1-3-7-15(8-4-1)13-20(14-17-18-11-12-19-17)16-9-5-2-6-10-16;1-2-7-13-11(4-1)5-3-6-12(13)10-14-15-8-9-16-14/h2-10,19,23H,11-17H2,1H3,(H,30,31);1-10H,11-14H2,(H,18,19);1-7H,8-10H2,(H,15,16)/t19-,23?,25?,26-;;/m1../s1. The Kier molecular flexibility index (Phi) is 15.4. The summed E-state index contributed by atoms with van der Waals surface area (Å²) in [5, 5.41) is 29.4. The Hall–Kier alpha value is -6.83. The first-order valence-corrected chi connectivity index (χ1v) is 23.8. The van der Waals surface area contributed by atoms with Gasteiger partial charge in [-0.1, -0.05) is 140 Å². The topological polar surface area (TPSA) is 116 Å². The molecular formula is C57H62FN7O2. The van der Waals surface area contributed by atoms with Crippen molar-refractivity contribution in [2.24, 2.45) is 15.9 Å². The summed E-state index contributed by atoms with van der Waals surface area (Å²) in [7, 11) is 0. The quantitative estimate of drug-likeness (QED) is 0.119. The highest BCUT2D eigenvalue weighted by atomic mass is 19.1. The van der Waals surface area contributed by atoms with Crippen molar-refractivity contribution in [2.45, 2.75) is 68.9 Å². The first-order chi connectivity index (χ1) is 32.8. The Balaban J connectivity index is 0.000000145. The number of nitriles is 1. The van der Waals surface area contributed by atoms with E-state index in [1.54, 1.807) is 12.1 Å². The molecule has 0 unspecified atom stereocenters. The van der Waals surface area contributed by atoms with E-state index in [9.17, 15) is 19.6 Å². The molecule has 67 heavy (non-hydrogen) atoms. The zero-order chi connectivity index (χ0) is 46.5. The van der Waals surface area contributed by atoms with E-state index in [2.05, 4.69) is 140 Å². The SMILES string of the molecule is C[C@@H]1CN(C2CCC(C#N)(c3ccc(F)cc3)CC2)CC[C@]1(C(=O)O)c1ccccc1.c1ccc(CN(CC2=NCCN2)c2ccccc2)cc1.c1ccc2c(CC3=NCCN3)cccc2c1. The molecule has 0 spiro atoms. The highest BCUT2D eigenvalue weighted by molar-refractivity contribution is 5.92. The summed E-state index contributed by atoms with van der Waals surface area (Å²) in [5.74, 6) is 1.17. The predicted molar refractivity (Wildman–Crippen MR) is 269 cm³/mol. The van der Waals surface area contributed by atoms with Crippen LogP contribution in [0.4, 0.5) is 10.1 Å². The molecule has 6 aromatic rings. The number of nitrogens with zero attached hydrogens (tertiary/aromatic N) is 5. The molecule has 1 saturated heterocycles. The minimum atomic E-state index is -0.850. The molecule has 2 fully saturated rings. The highest BCUT2D eigenvalue weighted by Gasteiger charge is 2.50. The van der Waals surface area contributed by atoms with Gasteiger partial charge < -0.3 is 25.5 Å². The van der Waals surface area contributed by atoms with Crippen LogP contribution in [0.2, 0.25) is 0 Å². The molecule has 0 radical (unpaired) electrons. The summed E-state index contributed by atoms with van der Waals surface area (Å²) in [6, 6.07) is 54.9. The Morgan fingerprint density at radius 3 is 1.99 bits per heavy atom. The van der Waals surface area contributed by atoms with Crippen LogP contribution in [-0.2, 0) is 28.6 Å². The van der Waals surface area contributed by atoms with E-state index in [1.807, 2.05) is 37.3 Å². The van der Waals surface area contributed by atoms with Crippen molar-refractivity contribution in [3.05, 3.63) is 186 Å². The molecule has 0 aromatic heterocycles. The van der Waals surface area contributed by atoms with Crippen LogP contribution in [0.3, 0.4) is 0 Å². The molecule has 2 atom stereocenters. The zero-order valence-corrected chi connectivity index (χ0v) is 38.5. The second kappa shape index (κ2) is 22.1. The van der Waals surface area contributed by atoms with Crippen LogP contribution >= 0.6 is 0 Å². The number of likely N-dealkylation sites (tertiary alicyclic amines) is 1. The molecule has 10 rings (SSSR count). The number of hydrogen-bond donors (Lipinski definition) is 3. The smallest absolute Gasteiger partial charge is 0.314 e. The number of aliphatic carboxylic acids is 1. The minimum Gasteiger partial charge on any atom is -0.481 e. The van der Waals surface area contributed by atoms with Gasteiger partial charge in [-0.2, -0.15) is 5.26 Å². The van der Waals surface area contributed by atoms with Crippen LogP contribution in [0.15, 0.2) is 168 Å². The van der Waals surface area contributed by atoms with Crippen molar-refractivity contribution >= 4 is 34.1 Å². The maximum atomic E-state index is 13.3. The van der Waals surface area contributed by atoms with Gasteiger partial charge in [0.2, 0.25) is 0 Å². The largest absolute Gasteiger partial charge is 0.481 e. The molecule has 9 nitrogen and oxygen atoms in total. The number of carbonyl (C=O) groups is 1. The predicted octanol–water partition coefficient (Wildman–Crippen LogP) is 9.97. The second-order valence-corrected chi connectivity index (χ2v) is 18.2. The van der Waals surface area contributed by atoms with Gasteiger partial charge in [-0.3, -0.25) is 14.8 Å². The van der Waals surface area contributed by atoms with E-state index in [0.717, 1.165) is 107 Å². The van der Waals surface area contributed by atoms with Crippen LogP contribution in [0.1, 0.15) is 61.3 Å². The molecule has 10 heteroatoms. The molecule has 344 valence electrons. The maximum absolute atomic E-state index is 13.3. The van der Waals surface area contributed by atoms with Gasteiger partial charge >= 0.3 is 5.97 Å². The normalized spacial score (nSPS) is 22.3. The van der Waals surface area contributed by atoms with Crippen molar-refractivity contribution in [3.63, 3.8) is 0 Å². The van der Waals surface area contributed by atoms with E-state index < -0.39 is 16.8 Å². The third-order valence-corrected chi connectivity index (χ3v) is 14.2. The van der Waals surface area contributed by atoms with Crippen molar-refractivity contribution in [1.29, 1.82) is 5.26 Å². The number of para-hydroxylation sites is 1. The van der Waals surface area contributed by atoms with Gasteiger partial charge in [0.05, 0.1) is 36.5 Å². The third-order valence-electron chi connectivity index (χ3n) is 14.2. The fourth-order valence-corrected chi connectivity index (χ4v) is 10.4. The second-order valence-electron chi connectivity index (χ2n) is 18.2. The molecule has 0 bridgehead atoms. The van der Waals surface area contributed by atoms with Gasteiger partial charge in [0, 0.05) is 44.3 Å². The Bertz CT molecular complexity index is 2640. The molecule has 1 aliphatic carbocycles. The van der Waals surface area contributed by atoms with Crippen molar-refractivity contribution in [2.75, 3.05) is 50.7 Å². The zero-order valence-electron chi connectivity index (χ0n) is 38.5. The van der Waals surface area contributed by atoms with Crippen molar-refractivity contribution in [1.82, 2.24) is 15.5 Å². The van der Waals surface area contributed by atoms with Crippen LogP contribution < -0.4 is 15.5 Å². The summed E-state index contributed by atoms with van der Waals surface area (Å²) in [5.41, 5.74) is 4.28. The number of fused-ring (bicyclic) bond motifs is 1. The summed E-state index contributed by atoms with van der Waals surface area (Å²) < 4.78 is 13.3. The van der Waals surface area contributed by atoms with E-state index in [1.165, 1.54) is 39.7 Å². The van der Waals surface area contributed by atoms with E-state index in [-0.39, 0.29) is 11.7 Å². The molecule has 0 amide bonds. The van der Waals surface area contributed by atoms with Gasteiger partial charge in [0.1, 0.15) is 17.5 Å². The van der Waals surface area contributed by atoms with Crippen LogP contribution in [0.5, 0.6) is 0 Å². The lowest BCUT2D eigenvalue weighted by Gasteiger charge is -2.48. The highest BCUT2D eigenvalue weighted by Crippen LogP contribution is 2.45. The van der Waals surface area contributed by atoms with E-state index in [0.29, 0.717) is 12.5 Å². The lowest BCUT2D eigenvalue weighted by molar-refractivity contribution is -0.149. The summed E-state index contributed by atoms with van der Waals surface area (Å²) in [6.45, 7) is 9.01. The Labute approximate surface area is 395 Å². The van der Waals surface area contributed by atoms with Gasteiger partial charge in [0.25, 0.3) is 0 Å². The fourth-order valence-electron chi connectivity index (χ4n) is 10.4. The Morgan fingerprint density at radius 1 is 0.746 bits per heavy atom. The number of amidine groups is 2. The number of carboxylic acids is 1. The van der Waals surface area contributed by atoms with Crippen LogP contribution in [0.25, 0.3) is 10.8 Å². The van der Waals surface area contributed by atoms with Crippen molar-refractivity contribution in [3.8, 4) is 6.07 Å². The first-order valence-electron chi connectivity index (χ1n) is 23.8. The number of nitrogens with one attached hydrogen (secondary N) is 2. The van der Waals surface area contributed by atoms with Crippen LogP contribution in [0, 0.1) is 23.1 Å². The average molecular weight is 896 g/mol. The van der Waals surface area contributed by atoms with Gasteiger partial charge in [-0.15, -0.1) is 0 Å². The molecule has 4 aliphatic rings. The van der Waals surface area contributed by atoms with Gasteiger partial charge in [-0.25, -0.2) is 4.39 Å². The number of aliphatic imine (C=N–C) groups is 2. The number of benzene rings is 6. The number of carboxylic acid groups (broad SMARTS) is 1. The third kappa shape index (κ3) is 11.2. The summed E-state index contributed by atoms with van der Waals surface area (Å²) in [4.78, 5) is 26.1. The Morgan fingerprint density at radius 2 is 1.36 bits per heavy atom. The number of rotatable bonds is 11. The monoisotopic (exact) mass is 895 g/mol. The fraction of sp³-hybridized carbons (Fsp3) is 0.333. The van der Waals surface area contributed by atoms with Crippen molar-refractivity contribution < 1.29 is 14.3 Å². The lowest BCUT2D eigenvalue weighted by Crippen LogP contribution is -2.56. The first kappa shape index (κ1) is 46.7. The molecule has 3 heterocycles. The van der Waals surface area contributed by atoms with E-state index in [4.69, 9.17) is 0 Å². The lowest BCUT2D eigenvalue weighted by atomic mass is 9.65. The average Bonchev–Trinajstić information content (AvgIpc) is 4.11. The number of hydrogen-bond acceptors (Lipinski definition) is 8. The summed E-state index contributed by atoms with van der Waals surface area (Å²) in [6.07, 6.45) is 4.78. The maximum Gasteiger partial charge on any atom is 0.314 e. The molecule has 3 aliphatic heterocycles. The minimum absolute atomic E-state index is 0.0131. The van der Waals surface area contributed by atoms with E-state index >= 15 is 0 Å².